The lowest BCUT2D eigenvalue weighted by Gasteiger charge is -2.33. The normalized spacial score (nSPS) is 18.8. The summed E-state index contributed by atoms with van der Waals surface area (Å²) in [7, 11) is 0. The van der Waals surface area contributed by atoms with Crippen molar-refractivity contribution in [1.82, 2.24) is 10.2 Å². The number of urea groups is 1. The molecule has 6 heteroatoms. The Bertz CT molecular complexity index is 812. The van der Waals surface area contributed by atoms with Crippen LogP contribution < -0.4 is 14.8 Å². The Hall–Kier alpha value is -2.73. The summed E-state index contributed by atoms with van der Waals surface area (Å²) in [5.74, 6) is 1.50. The lowest BCUT2D eigenvalue weighted by atomic mass is 10.1. The van der Waals surface area contributed by atoms with Gasteiger partial charge in [0.1, 0.15) is 0 Å². The molecule has 1 unspecified atom stereocenters. The third-order valence-corrected chi connectivity index (χ3v) is 5.31. The maximum atomic E-state index is 12.7. The maximum Gasteiger partial charge on any atom is 0.317 e. The molecule has 0 radical (unpaired) electrons. The Kier molecular flexibility index (Phi) is 6.52. The van der Waals surface area contributed by atoms with E-state index in [2.05, 4.69) is 29.6 Å². The number of amides is 2. The van der Waals surface area contributed by atoms with Crippen LogP contribution >= 0.6 is 0 Å². The van der Waals surface area contributed by atoms with Crippen LogP contribution in [-0.2, 0) is 17.7 Å². The van der Waals surface area contributed by atoms with Gasteiger partial charge in [0.05, 0.1) is 25.9 Å². The highest BCUT2D eigenvalue weighted by molar-refractivity contribution is 5.74. The number of benzene rings is 2. The van der Waals surface area contributed by atoms with Crippen molar-refractivity contribution in [2.24, 2.45) is 0 Å². The van der Waals surface area contributed by atoms with Crippen LogP contribution in [-0.4, -0.2) is 49.9 Å². The third kappa shape index (κ3) is 5.21. The van der Waals surface area contributed by atoms with Crippen LogP contribution in [0.15, 0.2) is 48.5 Å². The molecule has 1 atom stereocenters. The zero-order chi connectivity index (χ0) is 19.9. The molecule has 2 aromatic rings. The molecule has 0 spiro atoms. The minimum atomic E-state index is -0.0647. The van der Waals surface area contributed by atoms with Crippen molar-refractivity contribution < 1.29 is 19.0 Å². The highest BCUT2D eigenvalue weighted by Gasteiger charge is 2.24. The first-order chi connectivity index (χ1) is 14.3. The van der Waals surface area contributed by atoms with E-state index in [1.165, 1.54) is 5.56 Å². The number of nitrogens with zero attached hydrogens (tertiary/aromatic N) is 1. The molecule has 29 heavy (non-hydrogen) atoms. The molecule has 2 aromatic carbocycles. The second-order valence-corrected chi connectivity index (χ2v) is 7.42. The first-order valence-corrected chi connectivity index (χ1v) is 10.4. The molecule has 0 bridgehead atoms. The number of morpholine rings is 1. The van der Waals surface area contributed by atoms with Gasteiger partial charge in [0.25, 0.3) is 0 Å². The predicted octanol–water partition coefficient (Wildman–Crippen LogP) is 3.39. The number of hydrogen-bond acceptors (Lipinski definition) is 4. The Morgan fingerprint density at radius 3 is 2.79 bits per heavy atom. The molecule has 2 aliphatic rings. The predicted molar refractivity (Wildman–Crippen MR) is 110 cm³/mol. The van der Waals surface area contributed by atoms with Crippen molar-refractivity contribution in [3.05, 3.63) is 59.7 Å². The molecule has 0 aliphatic carbocycles. The van der Waals surface area contributed by atoms with E-state index < -0.39 is 0 Å². The van der Waals surface area contributed by atoms with Crippen LogP contribution in [0.25, 0.3) is 0 Å². The van der Waals surface area contributed by atoms with Gasteiger partial charge in [0, 0.05) is 31.6 Å². The SMILES string of the molecule is O=C(NCc1cccc2c1OCCCO2)N1CCOC(CCc2ccccc2)C1. The largest absolute Gasteiger partial charge is 0.490 e. The zero-order valence-corrected chi connectivity index (χ0v) is 16.6. The molecule has 1 saturated heterocycles. The molecule has 154 valence electrons. The molecule has 0 saturated carbocycles. The number of ether oxygens (including phenoxy) is 3. The first-order valence-electron chi connectivity index (χ1n) is 10.4. The quantitative estimate of drug-likeness (QED) is 0.842. The number of carbonyl (C=O) groups is 1. The molecular formula is C23H28N2O4. The Morgan fingerprint density at radius 2 is 1.90 bits per heavy atom. The number of rotatable bonds is 5. The third-order valence-electron chi connectivity index (χ3n) is 5.31. The minimum Gasteiger partial charge on any atom is -0.490 e. The lowest BCUT2D eigenvalue weighted by molar-refractivity contribution is -0.0176. The number of hydrogen-bond donors (Lipinski definition) is 1. The van der Waals surface area contributed by atoms with Gasteiger partial charge in [-0.15, -0.1) is 0 Å². The summed E-state index contributed by atoms with van der Waals surface area (Å²) >= 11 is 0. The van der Waals surface area contributed by atoms with E-state index >= 15 is 0 Å². The number of fused-ring (bicyclic) bond motifs is 1. The summed E-state index contributed by atoms with van der Waals surface area (Å²) in [5, 5.41) is 3.03. The molecule has 2 aliphatic heterocycles. The van der Waals surface area contributed by atoms with Crippen LogP contribution in [0.3, 0.4) is 0 Å². The number of carbonyl (C=O) groups excluding carboxylic acids is 1. The van der Waals surface area contributed by atoms with E-state index in [0.29, 0.717) is 39.5 Å². The molecule has 4 rings (SSSR count). The van der Waals surface area contributed by atoms with Crippen LogP contribution in [0.5, 0.6) is 11.5 Å². The number of nitrogens with one attached hydrogen (secondary N) is 1. The standard InChI is InChI=1S/C23H28N2O4/c26-23(24-16-19-8-4-9-21-22(19)29-14-5-13-28-21)25-12-15-27-20(17-25)11-10-18-6-2-1-3-7-18/h1-4,6-9,20H,5,10-17H2,(H,24,26). The number of aryl methyl sites for hydroxylation is 1. The van der Waals surface area contributed by atoms with Crippen LogP contribution in [0, 0.1) is 0 Å². The molecule has 1 fully saturated rings. The van der Waals surface area contributed by atoms with E-state index in [1.54, 1.807) is 0 Å². The van der Waals surface area contributed by atoms with Crippen molar-refractivity contribution in [2.75, 3.05) is 32.9 Å². The van der Waals surface area contributed by atoms with Gasteiger partial charge in [-0.1, -0.05) is 42.5 Å². The molecule has 0 aromatic heterocycles. The molecule has 6 nitrogen and oxygen atoms in total. The van der Waals surface area contributed by atoms with Crippen molar-refractivity contribution in [3.63, 3.8) is 0 Å². The van der Waals surface area contributed by atoms with Gasteiger partial charge in [-0.05, 0) is 24.5 Å². The Labute approximate surface area is 171 Å². The van der Waals surface area contributed by atoms with Crippen molar-refractivity contribution in [1.29, 1.82) is 0 Å². The second kappa shape index (κ2) is 9.65. The second-order valence-electron chi connectivity index (χ2n) is 7.42. The smallest absolute Gasteiger partial charge is 0.317 e. The van der Waals surface area contributed by atoms with Gasteiger partial charge in [-0.25, -0.2) is 4.79 Å². The highest BCUT2D eigenvalue weighted by atomic mass is 16.5. The molecule has 2 amide bonds. The average Bonchev–Trinajstić information content (AvgIpc) is 3.03. The summed E-state index contributed by atoms with van der Waals surface area (Å²) in [6, 6.07) is 16.1. The summed E-state index contributed by atoms with van der Waals surface area (Å²) in [5.41, 5.74) is 2.23. The van der Waals surface area contributed by atoms with Crippen molar-refractivity contribution in [2.45, 2.75) is 31.9 Å². The average molecular weight is 396 g/mol. The lowest BCUT2D eigenvalue weighted by Crippen LogP contribution is -2.49. The van der Waals surface area contributed by atoms with Gasteiger partial charge in [-0.3, -0.25) is 0 Å². The van der Waals surface area contributed by atoms with Crippen molar-refractivity contribution >= 4 is 6.03 Å². The monoisotopic (exact) mass is 396 g/mol. The fourth-order valence-electron chi connectivity index (χ4n) is 3.73. The van der Waals surface area contributed by atoms with Crippen LogP contribution in [0.4, 0.5) is 4.79 Å². The topological polar surface area (TPSA) is 60.0 Å². The summed E-state index contributed by atoms with van der Waals surface area (Å²) in [6.45, 7) is 3.50. The minimum absolute atomic E-state index is 0.0647. The highest BCUT2D eigenvalue weighted by Crippen LogP contribution is 2.33. The fraction of sp³-hybridized carbons (Fsp3) is 0.435. The van der Waals surface area contributed by atoms with Crippen molar-refractivity contribution in [3.8, 4) is 11.5 Å². The maximum absolute atomic E-state index is 12.7. The van der Waals surface area contributed by atoms with E-state index in [9.17, 15) is 4.79 Å². The number of para-hydroxylation sites is 1. The molecule has 2 heterocycles. The molecular weight excluding hydrogens is 368 g/mol. The summed E-state index contributed by atoms with van der Waals surface area (Å²) in [6.07, 6.45) is 2.79. The Balaban J connectivity index is 1.29. The first kappa shape index (κ1) is 19.6. The fourth-order valence-corrected chi connectivity index (χ4v) is 3.73. The van der Waals surface area contributed by atoms with Gasteiger partial charge >= 0.3 is 6.03 Å². The summed E-state index contributed by atoms with van der Waals surface area (Å²) < 4.78 is 17.4. The van der Waals surface area contributed by atoms with E-state index in [-0.39, 0.29) is 12.1 Å². The van der Waals surface area contributed by atoms with Gasteiger partial charge < -0.3 is 24.4 Å². The van der Waals surface area contributed by atoms with E-state index in [4.69, 9.17) is 14.2 Å². The zero-order valence-electron chi connectivity index (χ0n) is 16.6. The molecule has 1 N–H and O–H groups in total. The van der Waals surface area contributed by atoms with Crippen LogP contribution in [0.2, 0.25) is 0 Å². The Morgan fingerprint density at radius 1 is 1.03 bits per heavy atom. The van der Waals surface area contributed by atoms with E-state index in [1.807, 2.05) is 29.2 Å². The van der Waals surface area contributed by atoms with Gasteiger partial charge in [0.15, 0.2) is 11.5 Å². The van der Waals surface area contributed by atoms with Gasteiger partial charge in [0.2, 0.25) is 0 Å². The van der Waals surface area contributed by atoms with Gasteiger partial charge in [-0.2, -0.15) is 0 Å². The summed E-state index contributed by atoms with van der Waals surface area (Å²) in [4.78, 5) is 14.6. The van der Waals surface area contributed by atoms with Crippen LogP contribution in [0.1, 0.15) is 24.0 Å². The van der Waals surface area contributed by atoms with E-state index in [0.717, 1.165) is 36.3 Å².